The number of rotatable bonds is 7. The van der Waals surface area contributed by atoms with Crippen LogP contribution in [-0.4, -0.2) is 28.2 Å². The Hall–Kier alpha value is -5.49. The summed E-state index contributed by atoms with van der Waals surface area (Å²) in [4.78, 5) is 28.7. The zero-order chi connectivity index (χ0) is 28.7. The van der Waals surface area contributed by atoms with Crippen LogP contribution in [0, 0.1) is 0 Å². The second kappa shape index (κ2) is 10.2. The first kappa shape index (κ1) is 25.5. The van der Waals surface area contributed by atoms with Crippen LogP contribution in [0.3, 0.4) is 0 Å². The van der Waals surface area contributed by atoms with E-state index in [1.807, 2.05) is 84.4 Å². The number of ether oxygens (including phenoxy) is 1. The summed E-state index contributed by atoms with van der Waals surface area (Å²) in [6.07, 6.45) is 0. The van der Waals surface area contributed by atoms with Crippen molar-refractivity contribution in [3.63, 3.8) is 0 Å². The van der Waals surface area contributed by atoms with Crippen LogP contribution in [0.15, 0.2) is 133 Å². The molecule has 42 heavy (non-hydrogen) atoms. The lowest BCUT2D eigenvalue weighted by Crippen LogP contribution is -2.39. The van der Waals surface area contributed by atoms with E-state index in [1.165, 1.54) is 4.90 Å². The van der Waals surface area contributed by atoms with E-state index in [2.05, 4.69) is 36.4 Å². The van der Waals surface area contributed by atoms with Crippen molar-refractivity contribution >= 4 is 28.5 Å². The number of hydrogen-bond acceptors (Lipinski definition) is 4. The van der Waals surface area contributed by atoms with Crippen molar-refractivity contribution in [1.82, 2.24) is 9.78 Å². The highest BCUT2D eigenvalue weighted by Gasteiger charge is 2.44. The number of amides is 2. The molecule has 204 valence electrons. The SMILES string of the molecule is CCOc1ccc2c(c1)c(N1C(=O)c3ccccc3C1=O)nn2C(c1ccccc1)(c1ccccc1)c1ccccc1. The molecule has 6 nitrogen and oxygen atoms in total. The maximum atomic E-state index is 13.8. The molecule has 0 saturated carbocycles. The van der Waals surface area contributed by atoms with Crippen molar-refractivity contribution in [2.75, 3.05) is 11.5 Å². The minimum atomic E-state index is -0.938. The lowest BCUT2D eigenvalue weighted by Gasteiger charge is -2.37. The third-order valence-electron chi connectivity index (χ3n) is 7.84. The number of aromatic nitrogens is 2. The number of nitrogens with zero attached hydrogens (tertiary/aromatic N) is 3. The van der Waals surface area contributed by atoms with Crippen LogP contribution in [0.25, 0.3) is 10.9 Å². The van der Waals surface area contributed by atoms with Crippen molar-refractivity contribution in [1.29, 1.82) is 0 Å². The van der Waals surface area contributed by atoms with Gasteiger partial charge in [0.2, 0.25) is 0 Å². The van der Waals surface area contributed by atoms with Gasteiger partial charge in [0.15, 0.2) is 5.82 Å². The largest absolute Gasteiger partial charge is 0.494 e. The van der Waals surface area contributed by atoms with Crippen molar-refractivity contribution in [2.45, 2.75) is 12.5 Å². The molecular formula is C36H27N3O3. The van der Waals surface area contributed by atoms with Crippen LogP contribution in [0.5, 0.6) is 5.75 Å². The fourth-order valence-corrected chi connectivity index (χ4v) is 6.05. The first-order valence-electron chi connectivity index (χ1n) is 13.9. The van der Waals surface area contributed by atoms with Gasteiger partial charge in [-0.15, -0.1) is 0 Å². The summed E-state index contributed by atoms with van der Waals surface area (Å²) < 4.78 is 7.83. The third-order valence-corrected chi connectivity index (χ3v) is 7.84. The summed E-state index contributed by atoms with van der Waals surface area (Å²) in [5.41, 5.74) is 3.49. The lowest BCUT2D eigenvalue weighted by atomic mass is 9.77. The quantitative estimate of drug-likeness (QED) is 0.158. The summed E-state index contributed by atoms with van der Waals surface area (Å²) in [6.45, 7) is 2.40. The Morgan fingerprint density at radius 2 is 1.12 bits per heavy atom. The molecule has 1 aliphatic heterocycles. The maximum absolute atomic E-state index is 13.8. The maximum Gasteiger partial charge on any atom is 0.267 e. The molecule has 0 aliphatic carbocycles. The topological polar surface area (TPSA) is 64.4 Å². The second-order valence-corrected chi connectivity index (χ2v) is 10.1. The van der Waals surface area contributed by atoms with Crippen molar-refractivity contribution < 1.29 is 14.3 Å². The molecule has 6 aromatic rings. The molecule has 7 rings (SSSR count). The van der Waals surface area contributed by atoms with E-state index >= 15 is 0 Å². The number of carbonyl (C=O) groups is 2. The molecule has 2 amide bonds. The van der Waals surface area contributed by atoms with Crippen molar-refractivity contribution in [3.8, 4) is 5.75 Å². The van der Waals surface area contributed by atoms with E-state index in [0.29, 0.717) is 28.9 Å². The highest BCUT2D eigenvalue weighted by atomic mass is 16.5. The molecule has 1 aliphatic rings. The van der Waals surface area contributed by atoms with Crippen molar-refractivity contribution in [2.24, 2.45) is 0 Å². The zero-order valence-electron chi connectivity index (χ0n) is 23.0. The first-order valence-corrected chi connectivity index (χ1v) is 13.9. The Labute approximate surface area is 243 Å². The molecule has 0 unspecified atom stereocenters. The lowest BCUT2D eigenvalue weighted by molar-refractivity contribution is 0.0925. The van der Waals surface area contributed by atoms with Crippen LogP contribution in [0.4, 0.5) is 5.82 Å². The highest BCUT2D eigenvalue weighted by molar-refractivity contribution is 6.35. The molecule has 0 bridgehead atoms. The number of fused-ring (bicyclic) bond motifs is 2. The van der Waals surface area contributed by atoms with Gasteiger partial charge in [-0.05, 0) is 53.9 Å². The minimum Gasteiger partial charge on any atom is -0.494 e. The molecule has 0 fully saturated rings. The number of carbonyl (C=O) groups excluding carboxylic acids is 2. The normalized spacial score (nSPS) is 13.0. The zero-order valence-corrected chi connectivity index (χ0v) is 23.0. The second-order valence-electron chi connectivity index (χ2n) is 10.1. The van der Waals surface area contributed by atoms with Crippen LogP contribution in [0.1, 0.15) is 44.3 Å². The first-order chi connectivity index (χ1) is 20.6. The van der Waals surface area contributed by atoms with E-state index in [-0.39, 0.29) is 5.82 Å². The average Bonchev–Trinajstić information content (AvgIpc) is 3.53. The number of benzene rings is 5. The van der Waals surface area contributed by atoms with Gasteiger partial charge in [-0.3, -0.25) is 9.59 Å². The van der Waals surface area contributed by atoms with E-state index in [1.54, 1.807) is 24.3 Å². The predicted octanol–water partition coefficient (Wildman–Crippen LogP) is 7.08. The summed E-state index contributed by atoms with van der Waals surface area (Å²) in [5, 5.41) is 5.84. The van der Waals surface area contributed by atoms with Gasteiger partial charge in [0.05, 0.1) is 23.3 Å². The molecule has 2 heterocycles. The van der Waals surface area contributed by atoms with Crippen LogP contribution < -0.4 is 9.64 Å². The van der Waals surface area contributed by atoms with Crippen LogP contribution in [0.2, 0.25) is 0 Å². The summed E-state index contributed by atoms with van der Waals surface area (Å²) >= 11 is 0. The fourth-order valence-electron chi connectivity index (χ4n) is 6.05. The number of imide groups is 1. The van der Waals surface area contributed by atoms with E-state index in [0.717, 1.165) is 22.2 Å². The summed E-state index contributed by atoms with van der Waals surface area (Å²) in [5.74, 6) is 0.111. The molecule has 0 radical (unpaired) electrons. The fraction of sp³-hybridized carbons (Fsp3) is 0.0833. The molecule has 0 atom stereocenters. The Balaban J connectivity index is 1.60. The molecule has 5 aromatic carbocycles. The smallest absolute Gasteiger partial charge is 0.267 e. The van der Waals surface area contributed by atoms with E-state index in [9.17, 15) is 9.59 Å². The Morgan fingerprint density at radius 3 is 1.60 bits per heavy atom. The van der Waals surface area contributed by atoms with Gasteiger partial charge in [0.25, 0.3) is 11.8 Å². The number of hydrogen-bond donors (Lipinski definition) is 0. The van der Waals surface area contributed by atoms with Gasteiger partial charge in [0.1, 0.15) is 11.3 Å². The van der Waals surface area contributed by atoms with Gasteiger partial charge in [-0.25, -0.2) is 9.58 Å². The molecule has 0 spiro atoms. The van der Waals surface area contributed by atoms with E-state index in [4.69, 9.17) is 9.84 Å². The molecule has 6 heteroatoms. The summed E-state index contributed by atoms with van der Waals surface area (Å²) in [7, 11) is 0. The van der Waals surface area contributed by atoms with Gasteiger partial charge in [-0.1, -0.05) is 103 Å². The monoisotopic (exact) mass is 549 g/mol. The third kappa shape index (κ3) is 3.76. The standard InChI is InChI=1S/C36H27N3O3/c1-2-42-28-22-23-32-31(24-28)33(38-34(40)29-20-12-13-21-30(29)35(38)41)37-39(32)36(25-14-6-3-7-15-25,26-16-8-4-9-17-26)27-18-10-5-11-19-27/h3-24H,2H2,1H3. The molecule has 1 aromatic heterocycles. The molecule has 0 N–H and O–H groups in total. The molecule has 0 saturated heterocycles. The average molecular weight is 550 g/mol. The predicted molar refractivity (Wildman–Crippen MR) is 163 cm³/mol. The van der Waals surface area contributed by atoms with E-state index < -0.39 is 17.4 Å². The van der Waals surface area contributed by atoms with Gasteiger partial charge in [0, 0.05) is 5.39 Å². The minimum absolute atomic E-state index is 0.268. The Kier molecular flexibility index (Phi) is 6.16. The number of anilines is 1. The summed E-state index contributed by atoms with van der Waals surface area (Å²) in [6, 6.07) is 43.2. The highest BCUT2D eigenvalue weighted by Crippen LogP contribution is 2.45. The molecular weight excluding hydrogens is 522 g/mol. The van der Waals surface area contributed by atoms with Gasteiger partial charge >= 0.3 is 0 Å². The van der Waals surface area contributed by atoms with Crippen LogP contribution >= 0.6 is 0 Å². The van der Waals surface area contributed by atoms with Crippen molar-refractivity contribution in [3.05, 3.63) is 161 Å². The van der Waals surface area contributed by atoms with Crippen LogP contribution in [-0.2, 0) is 5.54 Å². The van der Waals surface area contributed by atoms with Gasteiger partial charge < -0.3 is 4.74 Å². The van der Waals surface area contributed by atoms with Gasteiger partial charge in [-0.2, -0.15) is 5.10 Å². The Morgan fingerprint density at radius 1 is 0.643 bits per heavy atom. The Bertz CT molecular complexity index is 1800.